The minimum atomic E-state index is -1.84. The van der Waals surface area contributed by atoms with E-state index in [1.165, 1.54) is 12.1 Å². The minimum Gasteiger partial charge on any atom is -0.462 e. The van der Waals surface area contributed by atoms with E-state index in [1.807, 2.05) is 0 Å². The third kappa shape index (κ3) is 3.16. The van der Waals surface area contributed by atoms with Crippen LogP contribution >= 0.6 is 0 Å². The molecule has 0 saturated heterocycles. The summed E-state index contributed by atoms with van der Waals surface area (Å²) in [5.74, 6) is -0.592. The minimum absolute atomic E-state index is 0.146. The summed E-state index contributed by atoms with van der Waals surface area (Å²) in [6.45, 7) is 1.88. The number of halogens is 2. The molecule has 0 unspecified atom stereocenters. The first kappa shape index (κ1) is 11.4. The highest BCUT2D eigenvalue weighted by Crippen LogP contribution is 2.15. The van der Waals surface area contributed by atoms with Gasteiger partial charge in [-0.25, -0.2) is 4.79 Å². The van der Waals surface area contributed by atoms with E-state index in [-0.39, 0.29) is 17.7 Å². The molecule has 1 aromatic carbocycles. The summed E-state index contributed by atoms with van der Waals surface area (Å²) in [6.07, 6.45) is -1.20. The van der Waals surface area contributed by atoms with Crippen LogP contribution in [0.4, 0.5) is 8.78 Å². The molecule has 0 radical (unpaired) electrons. The maximum absolute atomic E-state index is 12.1. The predicted molar refractivity (Wildman–Crippen MR) is 52.6 cm³/mol. The fraction of sp³-hybridized carbons (Fsp3) is 0.182. The maximum Gasteiger partial charge on any atom is 0.338 e. The van der Waals surface area contributed by atoms with Gasteiger partial charge in [0.1, 0.15) is 0 Å². The molecule has 1 aromatic rings. The van der Waals surface area contributed by atoms with Crippen molar-refractivity contribution < 1.29 is 18.3 Å². The zero-order valence-corrected chi connectivity index (χ0v) is 8.17. The molecule has 0 aliphatic heterocycles. The Bertz CT molecular complexity index is 382. The van der Waals surface area contributed by atoms with Gasteiger partial charge in [-0.05, 0) is 18.6 Å². The summed E-state index contributed by atoms with van der Waals surface area (Å²) < 4.78 is 28.9. The van der Waals surface area contributed by atoms with Crippen molar-refractivity contribution in [1.29, 1.82) is 0 Å². The SMILES string of the molecule is CCOC(=O)c1ccccc1C=C(F)F. The third-order valence-corrected chi connectivity index (χ3v) is 1.72. The second-order valence-corrected chi connectivity index (χ2v) is 2.74. The van der Waals surface area contributed by atoms with Gasteiger partial charge in [0, 0.05) is 6.08 Å². The van der Waals surface area contributed by atoms with Crippen LogP contribution in [0.3, 0.4) is 0 Å². The molecule has 0 N–H and O–H groups in total. The fourth-order valence-electron chi connectivity index (χ4n) is 1.14. The van der Waals surface area contributed by atoms with Crippen LogP contribution in [0.25, 0.3) is 6.08 Å². The Kier molecular flexibility index (Phi) is 3.97. The van der Waals surface area contributed by atoms with Gasteiger partial charge < -0.3 is 4.74 Å². The van der Waals surface area contributed by atoms with Gasteiger partial charge in [0.15, 0.2) is 0 Å². The molecule has 2 nitrogen and oxygen atoms in total. The average molecular weight is 212 g/mol. The standard InChI is InChI=1S/C11H10F2O2/c1-2-15-11(14)9-6-4-3-5-8(9)7-10(12)13/h3-7H,2H2,1H3. The van der Waals surface area contributed by atoms with Gasteiger partial charge >= 0.3 is 5.97 Å². The largest absolute Gasteiger partial charge is 0.462 e. The summed E-state index contributed by atoms with van der Waals surface area (Å²) in [6, 6.07) is 6.06. The molecule has 1 rings (SSSR count). The molecule has 0 bridgehead atoms. The highest BCUT2D eigenvalue weighted by molar-refractivity contribution is 5.93. The number of rotatable bonds is 3. The number of carbonyl (C=O) groups excluding carboxylic acids is 1. The van der Waals surface area contributed by atoms with Crippen molar-refractivity contribution >= 4 is 12.0 Å². The molecule has 4 heteroatoms. The highest BCUT2D eigenvalue weighted by Gasteiger charge is 2.10. The van der Waals surface area contributed by atoms with Gasteiger partial charge in [-0.2, -0.15) is 8.78 Å². The van der Waals surface area contributed by atoms with E-state index < -0.39 is 12.0 Å². The van der Waals surface area contributed by atoms with E-state index in [0.29, 0.717) is 6.08 Å². The van der Waals surface area contributed by atoms with Crippen LogP contribution in [-0.2, 0) is 4.74 Å². The second-order valence-electron chi connectivity index (χ2n) is 2.74. The highest BCUT2D eigenvalue weighted by atomic mass is 19.3. The van der Waals surface area contributed by atoms with E-state index >= 15 is 0 Å². The van der Waals surface area contributed by atoms with Gasteiger partial charge in [-0.15, -0.1) is 0 Å². The Balaban J connectivity index is 3.06. The number of ether oxygens (including phenoxy) is 1. The predicted octanol–water partition coefficient (Wildman–Crippen LogP) is 3.10. The topological polar surface area (TPSA) is 26.3 Å². The van der Waals surface area contributed by atoms with E-state index in [1.54, 1.807) is 19.1 Å². The summed E-state index contributed by atoms with van der Waals surface area (Å²) in [5, 5.41) is 0. The Labute approximate surface area is 86.2 Å². The van der Waals surface area contributed by atoms with E-state index in [4.69, 9.17) is 4.74 Å². The number of hydrogen-bond donors (Lipinski definition) is 0. The lowest BCUT2D eigenvalue weighted by atomic mass is 10.1. The molecule has 0 aliphatic carbocycles. The molecule has 0 aromatic heterocycles. The molecular formula is C11H10F2O2. The molecule has 0 heterocycles. The van der Waals surface area contributed by atoms with E-state index in [2.05, 4.69) is 0 Å². The molecule has 0 atom stereocenters. The van der Waals surface area contributed by atoms with Crippen LogP contribution in [-0.4, -0.2) is 12.6 Å². The smallest absolute Gasteiger partial charge is 0.338 e. The monoisotopic (exact) mass is 212 g/mol. The van der Waals surface area contributed by atoms with Crippen LogP contribution in [0.5, 0.6) is 0 Å². The molecule has 0 amide bonds. The lowest BCUT2D eigenvalue weighted by Crippen LogP contribution is -2.06. The zero-order valence-electron chi connectivity index (χ0n) is 8.17. The van der Waals surface area contributed by atoms with Crippen LogP contribution in [0.15, 0.2) is 30.3 Å². The lowest BCUT2D eigenvalue weighted by Gasteiger charge is -2.04. The summed E-state index contributed by atoms with van der Waals surface area (Å²) in [4.78, 5) is 11.4. The summed E-state index contributed by atoms with van der Waals surface area (Å²) >= 11 is 0. The Hall–Kier alpha value is -1.71. The quantitative estimate of drug-likeness (QED) is 0.719. The first-order chi connectivity index (χ1) is 7.15. The number of hydrogen-bond acceptors (Lipinski definition) is 2. The molecule has 80 valence electrons. The van der Waals surface area contributed by atoms with Crippen molar-refractivity contribution in [2.45, 2.75) is 6.92 Å². The van der Waals surface area contributed by atoms with Crippen LogP contribution < -0.4 is 0 Å². The van der Waals surface area contributed by atoms with Crippen LogP contribution in [0.1, 0.15) is 22.8 Å². The molecule has 0 spiro atoms. The van der Waals surface area contributed by atoms with Crippen molar-refractivity contribution in [1.82, 2.24) is 0 Å². The van der Waals surface area contributed by atoms with Crippen molar-refractivity contribution in [2.75, 3.05) is 6.61 Å². The first-order valence-corrected chi connectivity index (χ1v) is 4.44. The van der Waals surface area contributed by atoms with Gasteiger partial charge in [0.05, 0.1) is 12.2 Å². The third-order valence-electron chi connectivity index (χ3n) is 1.72. The fourth-order valence-corrected chi connectivity index (χ4v) is 1.14. The Morgan fingerprint density at radius 1 is 1.40 bits per heavy atom. The van der Waals surface area contributed by atoms with Gasteiger partial charge in [-0.1, -0.05) is 18.2 Å². The first-order valence-electron chi connectivity index (χ1n) is 4.44. The normalized spacial score (nSPS) is 9.53. The van der Waals surface area contributed by atoms with Crippen molar-refractivity contribution in [3.8, 4) is 0 Å². The summed E-state index contributed by atoms with van der Waals surface area (Å²) in [7, 11) is 0. The van der Waals surface area contributed by atoms with Gasteiger partial charge in [0.25, 0.3) is 6.08 Å². The van der Waals surface area contributed by atoms with Crippen molar-refractivity contribution in [3.05, 3.63) is 41.5 Å². The van der Waals surface area contributed by atoms with E-state index in [0.717, 1.165) is 0 Å². The molecule has 0 saturated carbocycles. The van der Waals surface area contributed by atoms with Crippen LogP contribution in [0, 0.1) is 0 Å². The summed E-state index contributed by atoms with van der Waals surface area (Å²) in [5.41, 5.74) is 0.308. The van der Waals surface area contributed by atoms with Gasteiger partial charge in [-0.3, -0.25) is 0 Å². The maximum atomic E-state index is 12.1. The Morgan fingerprint density at radius 2 is 2.07 bits per heavy atom. The van der Waals surface area contributed by atoms with Gasteiger partial charge in [0.2, 0.25) is 0 Å². The van der Waals surface area contributed by atoms with E-state index in [9.17, 15) is 13.6 Å². The average Bonchev–Trinajstić information content (AvgIpc) is 2.18. The molecular weight excluding hydrogens is 202 g/mol. The van der Waals surface area contributed by atoms with Crippen molar-refractivity contribution in [2.24, 2.45) is 0 Å². The zero-order chi connectivity index (χ0) is 11.3. The Morgan fingerprint density at radius 3 is 2.67 bits per heavy atom. The lowest BCUT2D eigenvalue weighted by molar-refractivity contribution is 0.0526. The van der Waals surface area contributed by atoms with Crippen LogP contribution in [0.2, 0.25) is 0 Å². The number of benzene rings is 1. The molecule has 15 heavy (non-hydrogen) atoms. The molecule has 0 fully saturated rings. The van der Waals surface area contributed by atoms with Crippen molar-refractivity contribution in [3.63, 3.8) is 0 Å². The molecule has 0 aliphatic rings. The number of esters is 1. The number of carbonyl (C=O) groups is 1. The second kappa shape index (κ2) is 5.24.